The molecule has 4 nitrogen and oxygen atoms in total. The first-order chi connectivity index (χ1) is 14.0. The smallest absolute Gasteiger partial charge is 0.231 e. The molecule has 148 valence electrons. The third kappa shape index (κ3) is 5.75. The van der Waals surface area contributed by atoms with Gasteiger partial charge in [0.2, 0.25) is 12.3 Å². The van der Waals surface area contributed by atoms with Crippen molar-refractivity contribution in [3.8, 4) is 0 Å². The predicted octanol–water partition coefficient (Wildman–Crippen LogP) is 4.38. The highest BCUT2D eigenvalue weighted by Crippen LogP contribution is 2.19. The molecule has 0 unspecified atom stereocenters. The zero-order valence-corrected chi connectivity index (χ0v) is 16.3. The molecular weight excluding hydrogens is 367 g/mol. The number of nitrogens with one attached hydrogen (secondary N) is 1. The molecule has 5 heteroatoms. The van der Waals surface area contributed by atoms with Gasteiger partial charge in [-0.2, -0.15) is 0 Å². The Labute approximate surface area is 170 Å². The molecule has 0 aliphatic carbocycles. The maximum absolute atomic E-state index is 13.0. The lowest BCUT2D eigenvalue weighted by atomic mass is 10.0. The van der Waals surface area contributed by atoms with Crippen molar-refractivity contribution in [2.24, 2.45) is 0 Å². The van der Waals surface area contributed by atoms with Crippen molar-refractivity contribution in [2.45, 2.75) is 19.3 Å². The van der Waals surface area contributed by atoms with E-state index in [1.54, 1.807) is 24.1 Å². The van der Waals surface area contributed by atoms with Crippen LogP contribution in [0.1, 0.15) is 16.7 Å². The third-order valence-corrected chi connectivity index (χ3v) is 4.80. The van der Waals surface area contributed by atoms with Crippen LogP contribution in [0.5, 0.6) is 0 Å². The maximum Gasteiger partial charge on any atom is 0.231 e. The zero-order valence-electron chi connectivity index (χ0n) is 16.3. The first-order valence-corrected chi connectivity index (χ1v) is 9.44. The van der Waals surface area contributed by atoms with E-state index in [1.165, 1.54) is 12.1 Å². The fraction of sp³-hybridized carbons (Fsp3) is 0.167. The molecular formula is C24H23FN2O2. The van der Waals surface area contributed by atoms with Crippen LogP contribution in [0.4, 0.5) is 15.8 Å². The van der Waals surface area contributed by atoms with Crippen LogP contribution in [0.2, 0.25) is 0 Å². The maximum atomic E-state index is 13.0. The second-order valence-electron chi connectivity index (χ2n) is 6.89. The molecule has 3 aromatic rings. The van der Waals surface area contributed by atoms with Crippen LogP contribution in [0, 0.1) is 5.82 Å². The standard InChI is InChI=1S/C24H23FN2O2/c1-27(24(29)16-20-10-12-21(25)13-11-20)23-7-3-5-19(15-23)9-8-18-4-2-6-22(14-18)26-17-28/h2-7,10-15,17H,8-9,16H2,1H3,(H,26,28). The number of anilines is 2. The van der Waals surface area contributed by atoms with E-state index in [4.69, 9.17) is 0 Å². The predicted molar refractivity (Wildman–Crippen MR) is 113 cm³/mol. The summed E-state index contributed by atoms with van der Waals surface area (Å²) in [4.78, 5) is 24.8. The fourth-order valence-corrected chi connectivity index (χ4v) is 3.13. The van der Waals surface area contributed by atoms with Gasteiger partial charge in [-0.1, -0.05) is 36.4 Å². The number of likely N-dealkylation sites (N-methyl/N-ethyl adjacent to an activating group) is 1. The van der Waals surface area contributed by atoms with E-state index in [2.05, 4.69) is 5.32 Å². The van der Waals surface area contributed by atoms with Gasteiger partial charge in [0.1, 0.15) is 5.82 Å². The van der Waals surface area contributed by atoms with Crippen molar-refractivity contribution in [1.82, 2.24) is 0 Å². The van der Waals surface area contributed by atoms with Crippen LogP contribution in [-0.2, 0) is 28.9 Å². The number of aryl methyl sites for hydroxylation is 2. The van der Waals surface area contributed by atoms with Crippen LogP contribution in [0.3, 0.4) is 0 Å². The molecule has 0 atom stereocenters. The quantitative estimate of drug-likeness (QED) is 0.580. The van der Waals surface area contributed by atoms with Crippen LogP contribution < -0.4 is 10.2 Å². The number of carbonyl (C=O) groups is 2. The van der Waals surface area contributed by atoms with Crippen molar-refractivity contribution in [3.05, 3.63) is 95.3 Å². The minimum absolute atomic E-state index is 0.0543. The van der Waals surface area contributed by atoms with Gasteiger partial charge in [0.15, 0.2) is 0 Å². The summed E-state index contributed by atoms with van der Waals surface area (Å²) in [6.45, 7) is 0. The van der Waals surface area contributed by atoms with Gasteiger partial charge in [-0.25, -0.2) is 4.39 Å². The number of benzene rings is 3. The second kappa shape index (κ2) is 9.64. The summed E-state index contributed by atoms with van der Waals surface area (Å²) in [5.74, 6) is -0.365. The first kappa shape index (κ1) is 20.3. The molecule has 0 spiro atoms. The lowest BCUT2D eigenvalue weighted by molar-refractivity contribution is -0.117. The molecule has 0 heterocycles. The highest BCUT2D eigenvalue weighted by atomic mass is 19.1. The number of amides is 2. The van der Waals surface area contributed by atoms with Crippen LogP contribution in [0.25, 0.3) is 0 Å². The first-order valence-electron chi connectivity index (χ1n) is 9.44. The van der Waals surface area contributed by atoms with Crippen molar-refractivity contribution >= 4 is 23.7 Å². The summed E-state index contributed by atoms with van der Waals surface area (Å²) in [6, 6.07) is 21.6. The number of halogens is 1. The van der Waals surface area contributed by atoms with Gasteiger partial charge in [-0.15, -0.1) is 0 Å². The van der Waals surface area contributed by atoms with Gasteiger partial charge in [0.25, 0.3) is 0 Å². The number of hydrogen-bond acceptors (Lipinski definition) is 2. The van der Waals surface area contributed by atoms with Crippen molar-refractivity contribution in [2.75, 3.05) is 17.3 Å². The normalized spacial score (nSPS) is 10.4. The Kier molecular flexibility index (Phi) is 6.74. The Bertz CT molecular complexity index is 986. The molecule has 0 aliphatic rings. The van der Waals surface area contributed by atoms with Crippen molar-refractivity contribution < 1.29 is 14.0 Å². The lowest BCUT2D eigenvalue weighted by Gasteiger charge is -2.18. The fourth-order valence-electron chi connectivity index (χ4n) is 3.13. The molecule has 0 aliphatic heterocycles. The highest BCUT2D eigenvalue weighted by molar-refractivity contribution is 5.94. The molecule has 0 radical (unpaired) electrons. The van der Waals surface area contributed by atoms with Gasteiger partial charge >= 0.3 is 0 Å². The topological polar surface area (TPSA) is 49.4 Å². The molecule has 1 N–H and O–H groups in total. The molecule has 3 rings (SSSR count). The van der Waals surface area contributed by atoms with E-state index >= 15 is 0 Å². The third-order valence-electron chi connectivity index (χ3n) is 4.80. The molecule has 2 amide bonds. The van der Waals surface area contributed by atoms with Gasteiger partial charge in [-0.3, -0.25) is 9.59 Å². The molecule has 0 bridgehead atoms. The molecule has 0 saturated carbocycles. The number of carbonyl (C=O) groups excluding carboxylic acids is 2. The summed E-state index contributed by atoms with van der Waals surface area (Å²) in [5, 5.41) is 2.66. The monoisotopic (exact) mass is 390 g/mol. The second-order valence-corrected chi connectivity index (χ2v) is 6.89. The van der Waals surface area contributed by atoms with E-state index in [9.17, 15) is 14.0 Å². The van der Waals surface area contributed by atoms with Gasteiger partial charge in [0, 0.05) is 18.4 Å². The average molecular weight is 390 g/mol. The molecule has 3 aromatic carbocycles. The summed E-state index contributed by atoms with van der Waals surface area (Å²) >= 11 is 0. The summed E-state index contributed by atoms with van der Waals surface area (Å²) in [7, 11) is 1.75. The lowest BCUT2D eigenvalue weighted by Crippen LogP contribution is -2.27. The van der Waals surface area contributed by atoms with Crippen LogP contribution in [0.15, 0.2) is 72.8 Å². The van der Waals surface area contributed by atoms with Crippen molar-refractivity contribution in [3.63, 3.8) is 0 Å². The largest absolute Gasteiger partial charge is 0.329 e. The van der Waals surface area contributed by atoms with E-state index in [0.717, 1.165) is 40.9 Å². The number of hydrogen-bond donors (Lipinski definition) is 1. The van der Waals surface area contributed by atoms with E-state index < -0.39 is 0 Å². The van der Waals surface area contributed by atoms with E-state index in [-0.39, 0.29) is 18.1 Å². The van der Waals surface area contributed by atoms with Crippen LogP contribution in [-0.4, -0.2) is 19.4 Å². The summed E-state index contributed by atoms with van der Waals surface area (Å²) in [5.41, 5.74) is 4.63. The van der Waals surface area contributed by atoms with E-state index in [0.29, 0.717) is 6.41 Å². The Balaban J connectivity index is 1.63. The minimum Gasteiger partial charge on any atom is -0.329 e. The Morgan fingerprint density at radius 2 is 1.59 bits per heavy atom. The molecule has 0 aromatic heterocycles. The van der Waals surface area contributed by atoms with Crippen molar-refractivity contribution in [1.29, 1.82) is 0 Å². The Morgan fingerprint density at radius 1 is 0.931 bits per heavy atom. The highest BCUT2D eigenvalue weighted by Gasteiger charge is 2.12. The van der Waals surface area contributed by atoms with Gasteiger partial charge in [-0.05, 0) is 65.9 Å². The molecule has 0 fully saturated rings. The SMILES string of the molecule is CN(C(=O)Cc1ccc(F)cc1)c1cccc(CCc2cccc(NC=O)c2)c1. The molecule has 0 saturated heterocycles. The summed E-state index contributed by atoms with van der Waals surface area (Å²) < 4.78 is 13.0. The van der Waals surface area contributed by atoms with E-state index in [1.807, 2.05) is 48.5 Å². The average Bonchev–Trinajstić information content (AvgIpc) is 2.74. The Morgan fingerprint density at radius 3 is 2.28 bits per heavy atom. The number of rotatable bonds is 8. The summed E-state index contributed by atoms with van der Waals surface area (Å²) in [6.07, 6.45) is 2.53. The zero-order chi connectivity index (χ0) is 20.6. The van der Waals surface area contributed by atoms with Gasteiger partial charge in [0.05, 0.1) is 6.42 Å². The molecule has 29 heavy (non-hydrogen) atoms. The van der Waals surface area contributed by atoms with Crippen LogP contribution >= 0.6 is 0 Å². The minimum atomic E-state index is -0.310. The number of nitrogens with zero attached hydrogens (tertiary/aromatic N) is 1. The Hall–Kier alpha value is -3.47. The van der Waals surface area contributed by atoms with Gasteiger partial charge < -0.3 is 10.2 Å².